The number of allylic oxidation sites excluding steroid dienone is 1. The van der Waals surface area contributed by atoms with Crippen molar-refractivity contribution < 1.29 is 0 Å². The van der Waals surface area contributed by atoms with E-state index in [0.717, 1.165) is 6.54 Å². The summed E-state index contributed by atoms with van der Waals surface area (Å²) in [7, 11) is 0. The maximum absolute atomic E-state index is 5.76. The molecule has 0 aromatic carbocycles. The van der Waals surface area contributed by atoms with E-state index in [0.29, 0.717) is 5.41 Å². The Morgan fingerprint density at radius 2 is 2.00 bits per heavy atom. The van der Waals surface area contributed by atoms with Gasteiger partial charge in [-0.05, 0) is 30.1 Å². The quantitative estimate of drug-likeness (QED) is 0.704. The number of rotatable bonds is 2. The maximum Gasteiger partial charge on any atom is 0.00115 e. The molecule has 0 aromatic heterocycles. The fourth-order valence-corrected chi connectivity index (χ4v) is 1.82. The minimum atomic E-state index is 0. The number of halogens is 1. The van der Waals surface area contributed by atoms with Gasteiger partial charge in [0.1, 0.15) is 0 Å². The van der Waals surface area contributed by atoms with E-state index in [1.807, 2.05) is 0 Å². The van der Waals surface area contributed by atoms with Crippen LogP contribution in [0.4, 0.5) is 0 Å². The molecule has 14 heavy (non-hydrogen) atoms. The van der Waals surface area contributed by atoms with Gasteiger partial charge in [0.15, 0.2) is 0 Å². The smallest absolute Gasteiger partial charge is 0.00115 e. The molecule has 84 valence electrons. The Morgan fingerprint density at radius 1 is 1.43 bits per heavy atom. The van der Waals surface area contributed by atoms with Gasteiger partial charge in [-0.1, -0.05) is 39.3 Å². The first-order valence-corrected chi connectivity index (χ1v) is 5.27. The fourth-order valence-electron chi connectivity index (χ4n) is 1.82. The largest absolute Gasteiger partial charge is 0.330 e. The molecule has 1 rings (SSSR count). The summed E-state index contributed by atoms with van der Waals surface area (Å²) in [5.41, 5.74) is 8.05. The van der Waals surface area contributed by atoms with E-state index in [-0.39, 0.29) is 17.8 Å². The van der Waals surface area contributed by atoms with Gasteiger partial charge in [0, 0.05) is 6.54 Å². The lowest BCUT2D eigenvalue weighted by Gasteiger charge is -2.35. The summed E-state index contributed by atoms with van der Waals surface area (Å²) in [6.07, 6.45) is 6.17. The highest BCUT2D eigenvalue weighted by Crippen LogP contribution is 2.40. The Morgan fingerprint density at radius 3 is 2.36 bits per heavy atom. The summed E-state index contributed by atoms with van der Waals surface area (Å²) in [5.74, 6) is 0. The first kappa shape index (κ1) is 14.0. The van der Waals surface area contributed by atoms with Gasteiger partial charge in [0.2, 0.25) is 0 Å². The standard InChI is InChI=1S/C12H23N.ClH/c1-11(2)7-5-10(6-8-11)12(3,4)9-13;/h5H,6-9,13H2,1-4H3;1H. The van der Waals surface area contributed by atoms with E-state index in [4.69, 9.17) is 5.73 Å². The van der Waals surface area contributed by atoms with Gasteiger partial charge in [-0.15, -0.1) is 12.4 Å². The number of nitrogens with two attached hydrogens (primary N) is 1. The molecule has 1 aliphatic carbocycles. The molecule has 0 saturated heterocycles. The average Bonchev–Trinajstić information content (AvgIpc) is 2.04. The highest BCUT2D eigenvalue weighted by molar-refractivity contribution is 5.85. The van der Waals surface area contributed by atoms with Gasteiger partial charge in [0.25, 0.3) is 0 Å². The lowest BCUT2D eigenvalue weighted by Crippen LogP contribution is -2.29. The van der Waals surface area contributed by atoms with Crippen molar-refractivity contribution in [1.82, 2.24) is 0 Å². The molecule has 0 aliphatic heterocycles. The molecule has 0 bridgehead atoms. The minimum absolute atomic E-state index is 0. The monoisotopic (exact) mass is 217 g/mol. The summed E-state index contributed by atoms with van der Waals surface area (Å²) in [4.78, 5) is 0. The van der Waals surface area contributed by atoms with Gasteiger partial charge in [-0.3, -0.25) is 0 Å². The van der Waals surface area contributed by atoms with Crippen LogP contribution in [-0.2, 0) is 0 Å². The van der Waals surface area contributed by atoms with Crippen molar-refractivity contribution in [2.24, 2.45) is 16.6 Å². The van der Waals surface area contributed by atoms with Crippen molar-refractivity contribution in [2.75, 3.05) is 6.54 Å². The second kappa shape index (κ2) is 4.67. The molecule has 1 aliphatic rings. The zero-order chi connectivity index (χ0) is 10.1. The Bertz CT molecular complexity index is 216. The fraction of sp³-hybridized carbons (Fsp3) is 0.833. The van der Waals surface area contributed by atoms with Crippen molar-refractivity contribution >= 4 is 12.4 Å². The van der Waals surface area contributed by atoms with E-state index >= 15 is 0 Å². The molecule has 0 fully saturated rings. The van der Waals surface area contributed by atoms with Crippen molar-refractivity contribution in [3.63, 3.8) is 0 Å². The predicted octanol–water partition coefficient (Wildman–Crippen LogP) is 3.53. The summed E-state index contributed by atoms with van der Waals surface area (Å²) in [6, 6.07) is 0. The van der Waals surface area contributed by atoms with Crippen LogP contribution < -0.4 is 5.73 Å². The Kier molecular flexibility index (Phi) is 4.67. The Hall–Kier alpha value is -0.0100. The first-order valence-electron chi connectivity index (χ1n) is 5.27. The van der Waals surface area contributed by atoms with E-state index in [1.165, 1.54) is 19.3 Å². The van der Waals surface area contributed by atoms with Crippen LogP contribution >= 0.6 is 12.4 Å². The normalized spacial score (nSPS) is 21.1. The van der Waals surface area contributed by atoms with Crippen molar-refractivity contribution in [2.45, 2.75) is 47.0 Å². The second-order valence-electron chi connectivity index (χ2n) is 5.69. The molecule has 0 atom stereocenters. The number of hydrogen-bond donors (Lipinski definition) is 1. The van der Waals surface area contributed by atoms with Crippen LogP contribution in [0.2, 0.25) is 0 Å². The SMILES string of the molecule is CC1(C)CC=C(C(C)(C)CN)CC1.Cl. The summed E-state index contributed by atoms with van der Waals surface area (Å²) < 4.78 is 0. The van der Waals surface area contributed by atoms with Crippen molar-refractivity contribution in [1.29, 1.82) is 0 Å². The second-order valence-corrected chi connectivity index (χ2v) is 5.69. The van der Waals surface area contributed by atoms with Crippen molar-refractivity contribution in [3.05, 3.63) is 11.6 Å². The molecule has 0 spiro atoms. The minimum Gasteiger partial charge on any atom is -0.330 e. The van der Waals surface area contributed by atoms with E-state index < -0.39 is 0 Å². The van der Waals surface area contributed by atoms with Crippen LogP contribution in [0.3, 0.4) is 0 Å². The van der Waals surface area contributed by atoms with E-state index in [9.17, 15) is 0 Å². The molecule has 0 heterocycles. The zero-order valence-corrected chi connectivity index (χ0v) is 10.7. The number of hydrogen-bond acceptors (Lipinski definition) is 1. The van der Waals surface area contributed by atoms with Gasteiger partial charge >= 0.3 is 0 Å². The molecule has 0 aromatic rings. The average molecular weight is 218 g/mol. The van der Waals surface area contributed by atoms with Crippen LogP contribution in [-0.4, -0.2) is 6.54 Å². The van der Waals surface area contributed by atoms with Crippen molar-refractivity contribution in [3.8, 4) is 0 Å². The van der Waals surface area contributed by atoms with Crippen LogP contribution in [0, 0.1) is 10.8 Å². The van der Waals surface area contributed by atoms with E-state index in [2.05, 4.69) is 33.8 Å². The topological polar surface area (TPSA) is 26.0 Å². The molecular formula is C12H24ClN. The third-order valence-electron chi connectivity index (χ3n) is 3.35. The molecule has 0 radical (unpaired) electrons. The highest BCUT2D eigenvalue weighted by atomic mass is 35.5. The zero-order valence-electron chi connectivity index (χ0n) is 9.89. The lowest BCUT2D eigenvalue weighted by molar-refractivity contribution is 0.298. The summed E-state index contributed by atoms with van der Waals surface area (Å²) >= 11 is 0. The van der Waals surface area contributed by atoms with Gasteiger partial charge in [-0.2, -0.15) is 0 Å². The summed E-state index contributed by atoms with van der Waals surface area (Å²) in [6.45, 7) is 9.94. The molecule has 0 amide bonds. The predicted molar refractivity (Wildman–Crippen MR) is 65.8 cm³/mol. The molecule has 2 heteroatoms. The van der Waals surface area contributed by atoms with E-state index in [1.54, 1.807) is 5.57 Å². The summed E-state index contributed by atoms with van der Waals surface area (Å²) in [5, 5.41) is 0. The van der Waals surface area contributed by atoms with Gasteiger partial charge in [0.05, 0.1) is 0 Å². The van der Waals surface area contributed by atoms with Crippen LogP contribution in [0.15, 0.2) is 11.6 Å². The van der Waals surface area contributed by atoms with Crippen LogP contribution in [0.25, 0.3) is 0 Å². The molecule has 1 nitrogen and oxygen atoms in total. The van der Waals surface area contributed by atoms with Gasteiger partial charge in [-0.25, -0.2) is 0 Å². The highest BCUT2D eigenvalue weighted by Gasteiger charge is 2.28. The first-order chi connectivity index (χ1) is 5.87. The third-order valence-corrected chi connectivity index (χ3v) is 3.35. The maximum atomic E-state index is 5.76. The van der Waals surface area contributed by atoms with Gasteiger partial charge < -0.3 is 5.73 Å². The Balaban J connectivity index is 0.00000169. The lowest BCUT2D eigenvalue weighted by atomic mass is 9.71. The third kappa shape index (κ3) is 3.29. The molecule has 0 saturated carbocycles. The molecular weight excluding hydrogens is 194 g/mol. The Labute approximate surface area is 94.6 Å². The molecule has 2 N–H and O–H groups in total. The van der Waals surface area contributed by atoms with Crippen LogP contribution in [0.5, 0.6) is 0 Å². The van der Waals surface area contributed by atoms with Crippen LogP contribution in [0.1, 0.15) is 47.0 Å². The molecule has 0 unspecified atom stereocenters.